The van der Waals surface area contributed by atoms with Crippen LogP contribution in [0.2, 0.25) is 0 Å². The van der Waals surface area contributed by atoms with E-state index in [0.29, 0.717) is 0 Å². The molecule has 1 rings (SSSR count). The first-order valence-electron chi connectivity index (χ1n) is 4.40. The van der Waals surface area contributed by atoms with Crippen molar-refractivity contribution in [1.82, 2.24) is 0 Å². The molecule has 0 bridgehead atoms. The highest BCUT2D eigenvalue weighted by molar-refractivity contribution is 5.93. The van der Waals surface area contributed by atoms with E-state index in [2.05, 4.69) is 9.98 Å². The quantitative estimate of drug-likeness (QED) is 0.407. The van der Waals surface area contributed by atoms with E-state index in [0.717, 1.165) is 12.1 Å². The number of alkyl halides is 3. The second kappa shape index (κ2) is 6.10. The fraction of sp³-hybridized carbons (Fsp3) is 0.111. The van der Waals surface area contributed by atoms with Crippen LogP contribution >= 0.6 is 0 Å². The maximum absolute atomic E-state index is 12.6. The Balaban J connectivity index is 0.00000289. The monoisotopic (exact) mass is 280 g/mol. The lowest BCUT2D eigenvalue weighted by Gasteiger charge is -2.09. The van der Waals surface area contributed by atoms with Crippen molar-refractivity contribution in [1.29, 1.82) is 0 Å². The van der Waals surface area contributed by atoms with Crippen LogP contribution in [0, 0.1) is 0 Å². The van der Waals surface area contributed by atoms with Crippen LogP contribution in [-0.4, -0.2) is 11.9 Å². The fourth-order valence-corrected chi connectivity index (χ4v) is 1.09. The van der Waals surface area contributed by atoms with Gasteiger partial charge in [0.25, 0.3) is 0 Å². The van der Waals surface area contributed by atoms with Crippen molar-refractivity contribution in [2.24, 2.45) is 27.2 Å². The number of guanidine groups is 2. The molecule has 1 aromatic rings. The van der Waals surface area contributed by atoms with Crippen LogP contribution in [0.5, 0.6) is 0 Å². The van der Waals surface area contributed by atoms with Gasteiger partial charge in [0.2, 0.25) is 5.96 Å². The van der Waals surface area contributed by atoms with Crippen molar-refractivity contribution in [2.45, 2.75) is 6.18 Å². The standard InChI is InChI=1S/C9H10F3N5.ClH/c10-9(11,12)5-3-1-2-4-6(5)16-8(15)17-7(13)14;/h1-4H,(H6,13,14,15,16,17);1H/p-1. The first kappa shape index (κ1) is 16.0. The third-order valence-corrected chi connectivity index (χ3v) is 1.69. The third kappa shape index (κ3) is 4.50. The van der Waals surface area contributed by atoms with Crippen molar-refractivity contribution in [3.8, 4) is 0 Å². The number of halogens is 4. The molecule has 5 nitrogen and oxygen atoms in total. The molecule has 0 spiro atoms. The summed E-state index contributed by atoms with van der Waals surface area (Å²) >= 11 is 0. The predicted octanol–water partition coefficient (Wildman–Crippen LogP) is -2.07. The van der Waals surface area contributed by atoms with E-state index in [4.69, 9.17) is 17.2 Å². The lowest BCUT2D eigenvalue weighted by Crippen LogP contribution is -3.00. The number of hydrogen-bond acceptors (Lipinski definition) is 1. The number of aliphatic imine (C=N–C) groups is 2. The van der Waals surface area contributed by atoms with Gasteiger partial charge in [-0.1, -0.05) is 12.1 Å². The first-order chi connectivity index (χ1) is 7.80. The zero-order valence-electron chi connectivity index (χ0n) is 8.95. The summed E-state index contributed by atoms with van der Waals surface area (Å²) in [6, 6.07) is 4.70. The Bertz CT molecular complexity index is 466. The predicted molar refractivity (Wildman–Crippen MR) is 58.5 cm³/mol. The Morgan fingerprint density at radius 2 is 1.61 bits per heavy atom. The van der Waals surface area contributed by atoms with Crippen molar-refractivity contribution in [3.63, 3.8) is 0 Å². The molecule has 1 aromatic carbocycles. The summed E-state index contributed by atoms with van der Waals surface area (Å²) in [7, 11) is 0. The Kier molecular flexibility index (Phi) is 5.44. The summed E-state index contributed by atoms with van der Waals surface area (Å²) in [4.78, 5) is 6.82. The van der Waals surface area contributed by atoms with Gasteiger partial charge in [0.1, 0.15) is 0 Å². The van der Waals surface area contributed by atoms with Gasteiger partial charge in [0.05, 0.1) is 11.3 Å². The Morgan fingerprint density at radius 3 is 2.11 bits per heavy atom. The highest BCUT2D eigenvalue weighted by atomic mass is 35.5. The summed E-state index contributed by atoms with van der Waals surface area (Å²) in [5, 5.41) is 0. The van der Waals surface area contributed by atoms with Crippen LogP contribution < -0.4 is 29.6 Å². The number of benzene rings is 1. The topological polar surface area (TPSA) is 103 Å². The van der Waals surface area contributed by atoms with Crippen LogP contribution in [-0.2, 0) is 6.18 Å². The van der Waals surface area contributed by atoms with Gasteiger partial charge in [0.15, 0.2) is 5.96 Å². The lowest BCUT2D eigenvalue weighted by molar-refractivity contribution is -0.137. The summed E-state index contributed by atoms with van der Waals surface area (Å²) in [5.41, 5.74) is 14.0. The lowest BCUT2D eigenvalue weighted by atomic mass is 10.2. The Hall–Kier alpha value is -1.96. The van der Waals surface area contributed by atoms with Crippen molar-refractivity contribution >= 4 is 17.6 Å². The van der Waals surface area contributed by atoms with E-state index in [-0.39, 0.29) is 24.1 Å². The molecule has 0 saturated heterocycles. The molecule has 0 aromatic heterocycles. The maximum atomic E-state index is 12.6. The number of nitrogens with zero attached hydrogens (tertiary/aromatic N) is 2. The second-order valence-corrected chi connectivity index (χ2v) is 3.02. The number of para-hydroxylation sites is 1. The molecule has 0 aliphatic heterocycles. The summed E-state index contributed by atoms with van der Waals surface area (Å²) in [6.07, 6.45) is -4.52. The van der Waals surface area contributed by atoms with Crippen LogP contribution in [0.1, 0.15) is 5.56 Å². The summed E-state index contributed by atoms with van der Waals surface area (Å²) in [5.74, 6) is -0.822. The molecular formula is C9H10ClF3N5-. The van der Waals surface area contributed by atoms with E-state index in [1.807, 2.05) is 0 Å². The maximum Gasteiger partial charge on any atom is 0.418 e. The highest BCUT2D eigenvalue weighted by Gasteiger charge is 2.33. The fourth-order valence-electron chi connectivity index (χ4n) is 1.09. The number of hydrogen-bond donors (Lipinski definition) is 3. The van der Waals surface area contributed by atoms with Crippen LogP contribution in [0.15, 0.2) is 34.3 Å². The zero-order valence-corrected chi connectivity index (χ0v) is 9.70. The van der Waals surface area contributed by atoms with Gasteiger partial charge in [-0.05, 0) is 12.1 Å². The minimum absolute atomic E-state index is 0. The summed E-state index contributed by atoms with van der Waals surface area (Å²) < 4.78 is 37.7. The van der Waals surface area contributed by atoms with E-state index >= 15 is 0 Å². The minimum Gasteiger partial charge on any atom is -1.00 e. The Morgan fingerprint density at radius 1 is 1.06 bits per heavy atom. The molecule has 6 N–H and O–H groups in total. The summed E-state index contributed by atoms with van der Waals surface area (Å²) in [6.45, 7) is 0. The molecule has 0 heterocycles. The van der Waals surface area contributed by atoms with Crippen LogP contribution in [0.4, 0.5) is 18.9 Å². The number of nitrogens with two attached hydrogens (primary N) is 3. The SMILES string of the molecule is NC(N)=NC(N)=Nc1ccccc1C(F)(F)F.[Cl-]. The molecule has 0 aliphatic carbocycles. The molecule has 0 unspecified atom stereocenters. The molecule has 0 atom stereocenters. The van der Waals surface area contributed by atoms with E-state index in [1.165, 1.54) is 12.1 Å². The van der Waals surface area contributed by atoms with E-state index in [1.54, 1.807) is 0 Å². The van der Waals surface area contributed by atoms with Crippen molar-refractivity contribution < 1.29 is 25.6 Å². The smallest absolute Gasteiger partial charge is 0.418 e. The third-order valence-electron chi connectivity index (χ3n) is 1.69. The van der Waals surface area contributed by atoms with Gasteiger partial charge in [-0.3, -0.25) is 0 Å². The molecule has 18 heavy (non-hydrogen) atoms. The highest BCUT2D eigenvalue weighted by Crippen LogP contribution is 2.35. The average molecular weight is 281 g/mol. The van der Waals surface area contributed by atoms with Crippen LogP contribution in [0.3, 0.4) is 0 Å². The molecule has 0 saturated carbocycles. The largest absolute Gasteiger partial charge is 1.00 e. The molecule has 0 fully saturated rings. The molecule has 0 amide bonds. The van der Waals surface area contributed by atoms with Gasteiger partial charge in [-0.2, -0.15) is 18.2 Å². The van der Waals surface area contributed by atoms with E-state index in [9.17, 15) is 13.2 Å². The van der Waals surface area contributed by atoms with Gasteiger partial charge in [-0.25, -0.2) is 4.99 Å². The molecule has 0 aliphatic rings. The molecule has 100 valence electrons. The van der Waals surface area contributed by atoms with Crippen LogP contribution in [0.25, 0.3) is 0 Å². The van der Waals surface area contributed by atoms with Gasteiger partial charge < -0.3 is 29.6 Å². The Labute approximate surface area is 107 Å². The second-order valence-electron chi connectivity index (χ2n) is 3.02. The number of rotatable bonds is 1. The van der Waals surface area contributed by atoms with Gasteiger partial charge >= 0.3 is 6.18 Å². The van der Waals surface area contributed by atoms with Crippen molar-refractivity contribution in [2.75, 3.05) is 0 Å². The molecular weight excluding hydrogens is 271 g/mol. The first-order valence-corrected chi connectivity index (χ1v) is 4.40. The van der Waals surface area contributed by atoms with E-state index < -0.39 is 17.7 Å². The average Bonchev–Trinajstić information content (AvgIpc) is 2.15. The van der Waals surface area contributed by atoms with Crippen molar-refractivity contribution in [3.05, 3.63) is 29.8 Å². The van der Waals surface area contributed by atoms with Gasteiger partial charge in [0, 0.05) is 0 Å². The van der Waals surface area contributed by atoms with Gasteiger partial charge in [-0.15, -0.1) is 0 Å². The minimum atomic E-state index is -4.52. The molecule has 9 heteroatoms. The normalized spacial score (nSPS) is 11.6. The molecule has 0 radical (unpaired) electrons. The zero-order chi connectivity index (χ0) is 13.1.